The Labute approximate surface area is 107 Å². The van der Waals surface area contributed by atoms with Crippen LogP contribution in [0.4, 0.5) is 0 Å². The topological polar surface area (TPSA) is 26.3 Å². The van der Waals surface area contributed by atoms with Crippen LogP contribution in [0.5, 0.6) is 0 Å². The van der Waals surface area contributed by atoms with Gasteiger partial charge >= 0.3 is 107 Å². The van der Waals surface area contributed by atoms with Gasteiger partial charge in [0, 0.05) is 0 Å². The number of cyclic esters (lactones) is 1. The van der Waals surface area contributed by atoms with Gasteiger partial charge in [-0.15, -0.1) is 0 Å². The summed E-state index contributed by atoms with van der Waals surface area (Å²) in [5.74, 6) is -0.161. The van der Waals surface area contributed by atoms with Gasteiger partial charge in [-0.25, -0.2) is 0 Å². The predicted molar refractivity (Wildman–Crippen MR) is 65.4 cm³/mol. The van der Waals surface area contributed by atoms with Crippen molar-refractivity contribution >= 4 is 30.7 Å². The Morgan fingerprint density at radius 2 is 2.00 bits per heavy atom. The second kappa shape index (κ2) is 4.06. The zero-order valence-electron chi connectivity index (χ0n) is 10.2. The van der Waals surface area contributed by atoms with E-state index >= 15 is 0 Å². The number of hydrogen-bond donors (Lipinski definition) is 0. The summed E-state index contributed by atoms with van der Waals surface area (Å²) in [7, 11) is 0. The van der Waals surface area contributed by atoms with Gasteiger partial charge in [0.25, 0.3) is 0 Å². The van der Waals surface area contributed by atoms with Gasteiger partial charge in [0.15, 0.2) is 0 Å². The van der Waals surface area contributed by atoms with E-state index < -0.39 is 21.1 Å². The molecule has 0 aliphatic carbocycles. The molecule has 0 N–H and O–H groups in total. The molecular formula is C13H16O2Sn. The minimum atomic E-state index is -0.603. The fourth-order valence-electron chi connectivity index (χ4n) is 1.89. The number of carbonyl (C=O) groups excluding carboxylic acids is 1. The molecule has 1 aromatic carbocycles. The Balaban J connectivity index is 2.41. The first-order chi connectivity index (χ1) is 7.38. The molecule has 2 nitrogen and oxygen atoms in total. The number of carbonyl (C=O) groups is 1. The molecule has 0 unspecified atom stereocenters. The minimum absolute atomic E-state index is 0.161. The van der Waals surface area contributed by atoms with E-state index in [9.17, 15) is 4.79 Å². The van der Waals surface area contributed by atoms with Gasteiger partial charge in [0.2, 0.25) is 0 Å². The van der Waals surface area contributed by atoms with Gasteiger partial charge < -0.3 is 0 Å². The Morgan fingerprint density at radius 1 is 1.31 bits per heavy atom. The van der Waals surface area contributed by atoms with Crippen molar-refractivity contribution in [2.45, 2.75) is 37.7 Å². The van der Waals surface area contributed by atoms with Gasteiger partial charge in [0.1, 0.15) is 0 Å². The van der Waals surface area contributed by atoms with E-state index in [0.29, 0.717) is 10.0 Å². The summed E-state index contributed by atoms with van der Waals surface area (Å²) in [5.41, 5.74) is 3.19. The molecule has 0 bridgehead atoms. The van der Waals surface area contributed by atoms with Crippen LogP contribution in [0, 0.1) is 6.92 Å². The van der Waals surface area contributed by atoms with Crippen molar-refractivity contribution in [3.63, 3.8) is 0 Å². The molecule has 0 amide bonds. The summed E-state index contributed by atoms with van der Waals surface area (Å²) < 4.78 is 7.00. The van der Waals surface area contributed by atoms with E-state index in [4.69, 9.17) is 4.74 Å². The molecule has 0 atom stereocenters. The van der Waals surface area contributed by atoms with Crippen molar-refractivity contribution in [3.05, 3.63) is 28.8 Å². The molecule has 0 fully saturated rings. The van der Waals surface area contributed by atoms with E-state index in [1.54, 1.807) is 0 Å². The van der Waals surface area contributed by atoms with Crippen LogP contribution in [-0.4, -0.2) is 27.1 Å². The zero-order valence-corrected chi connectivity index (χ0v) is 13.0. The average Bonchev–Trinajstić information content (AvgIpc) is 2.52. The molecule has 0 spiro atoms. The number of fused-ring (bicyclic) bond motifs is 1. The SMILES string of the molecule is Cc1[c]([Sn][C](C)(C)C)ccc2c1COC2=O. The predicted octanol–water partition coefficient (Wildman–Crippen LogP) is 2.21. The van der Waals surface area contributed by atoms with Crippen molar-refractivity contribution in [1.29, 1.82) is 0 Å². The molecule has 1 heterocycles. The third-order valence-corrected chi connectivity index (χ3v) is 7.13. The molecule has 1 aromatic rings. The summed E-state index contributed by atoms with van der Waals surface area (Å²) in [5, 5.41) is 0. The summed E-state index contributed by atoms with van der Waals surface area (Å²) in [4.78, 5) is 11.4. The van der Waals surface area contributed by atoms with Gasteiger partial charge in [-0.05, 0) is 0 Å². The standard InChI is InChI=1S/C9H7O2.C4H9.Sn/c1-6-3-2-4-7-8(6)5-11-9(7)10;1-4(2)3;/h2,4H,5H2,1H3;1-3H3;. The van der Waals surface area contributed by atoms with Crippen LogP contribution in [0.15, 0.2) is 12.1 Å². The summed E-state index contributed by atoms with van der Waals surface area (Å²) >= 11 is -0.603. The molecule has 0 saturated carbocycles. The number of benzene rings is 1. The molecule has 1 aliphatic rings. The number of hydrogen-bond acceptors (Lipinski definition) is 2. The normalized spacial score (nSPS) is 14.9. The van der Waals surface area contributed by atoms with Crippen LogP contribution in [0.25, 0.3) is 0 Å². The second-order valence-electron chi connectivity index (χ2n) is 5.22. The fraction of sp³-hybridized carbons (Fsp3) is 0.462. The van der Waals surface area contributed by atoms with Crippen LogP contribution in [0.3, 0.4) is 0 Å². The van der Waals surface area contributed by atoms with Crippen LogP contribution in [-0.2, 0) is 11.3 Å². The quantitative estimate of drug-likeness (QED) is 0.585. The van der Waals surface area contributed by atoms with Crippen molar-refractivity contribution in [2.24, 2.45) is 0 Å². The van der Waals surface area contributed by atoms with Gasteiger partial charge in [-0.3, -0.25) is 0 Å². The monoisotopic (exact) mass is 324 g/mol. The summed E-state index contributed by atoms with van der Waals surface area (Å²) in [6, 6.07) is 4.08. The Morgan fingerprint density at radius 3 is 2.62 bits per heavy atom. The van der Waals surface area contributed by atoms with Crippen molar-refractivity contribution in [2.75, 3.05) is 0 Å². The molecule has 0 saturated heterocycles. The van der Waals surface area contributed by atoms with Gasteiger partial charge in [-0.2, -0.15) is 0 Å². The first-order valence-corrected chi connectivity index (χ1v) is 8.32. The summed E-state index contributed by atoms with van der Waals surface area (Å²) in [6.07, 6.45) is 0. The number of ether oxygens (including phenoxy) is 1. The maximum absolute atomic E-state index is 11.4. The van der Waals surface area contributed by atoms with Crippen LogP contribution >= 0.6 is 0 Å². The molecular weight excluding hydrogens is 307 g/mol. The Hall–Kier alpha value is -0.511. The van der Waals surface area contributed by atoms with Crippen molar-refractivity contribution < 1.29 is 9.53 Å². The molecule has 0 aromatic heterocycles. The number of rotatable bonds is 1. The van der Waals surface area contributed by atoms with Crippen molar-refractivity contribution in [3.8, 4) is 0 Å². The third-order valence-electron chi connectivity index (χ3n) is 2.68. The second-order valence-corrected chi connectivity index (χ2v) is 11.7. The van der Waals surface area contributed by atoms with Gasteiger partial charge in [0.05, 0.1) is 0 Å². The van der Waals surface area contributed by atoms with E-state index in [1.165, 1.54) is 9.14 Å². The van der Waals surface area contributed by atoms with E-state index in [-0.39, 0.29) is 5.97 Å². The first-order valence-electron chi connectivity index (χ1n) is 5.46. The van der Waals surface area contributed by atoms with E-state index in [2.05, 4.69) is 33.8 Å². The zero-order chi connectivity index (χ0) is 11.9. The van der Waals surface area contributed by atoms with Crippen LogP contribution in [0.2, 0.25) is 3.43 Å². The van der Waals surface area contributed by atoms with Crippen LogP contribution in [0.1, 0.15) is 42.3 Å². The maximum atomic E-state index is 11.4. The van der Waals surface area contributed by atoms with Crippen LogP contribution < -0.4 is 3.58 Å². The molecule has 2 radical (unpaired) electrons. The molecule has 16 heavy (non-hydrogen) atoms. The molecule has 84 valence electrons. The molecule has 2 rings (SSSR count). The fourth-order valence-corrected chi connectivity index (χ4v) is 5.64. The average molecular weight is 323 g/mol. The number of esters is 1. The van der Waals surface area contributed by atoms with E-state index in [0.717, 1.165) is 11.1 Å². The summed E-state index contributed by atoms with van der Waals surface area (Å²) in [6.45, 7) is 9.49. The Bertz CT molecular complexity index is 444. The molecule has 3 heteroatoms. The first kappa shape index (κ1) is 12.0. The van der Waals surface area contributed by atoms with Crippen molar-refractivity contribution in [1.82, 2.24) is 0 Å². The molecule has 1 aliphatic heterocycles. The van der Waals surface area contributed by atoms with Gasteiger partial charge in [-0.1, -0.05) is 0 Å². The van der Waals surface area contributed by atoms with E-state index in [1.807, 2.05) is 6.07 Å². The Kier molecular flexibility index (Phi) is 3.03. The third kappa shape index (κ3) is 2.26.